The summed E-state index contributed by atoms with van der Waals surface area (Å²) >= 11 is 11.6. The molecule has 0 aliphatic heterocycles. The number of carboxylic acids is 1. The highest BCUT2D eigenvalue weighted by molar-refractivity contribution is 6.40. The zero-order valence-corrected chi connectivity index (χ0v) is 11.6. The summed E-state index contributed by atoms with van der Waals surface area (Å²) in [7, 11) is 0. The Hall–Kier alpha value is -1.79. The maximum atomic E-state index is 12.5. The number of hydrogen-bond donors (Lipinski definition) is 1. The minimum atomic E-state index is -4.46. The molecule has 0 unspecified atom stereocenters. The number of pyridine rings is 1. The summed E-state index contributed by atoms with van der Waals surface area (Å²) in [5.74, 6) is -1.35. The summed E-state index contributed by atoms with van der Waals surface area (Å²) in [6.07, 6.45) is -3.37. The first-order valence-electron chi connectivity index (χ1n) is 5.46. The van der Waals surface area contributed by atoms with Crippen molar-refractivity contribution >= 4 is 29.2 Å². The molecule has 110 valence electrons. The van der Waals surface area contributed by atoms with Gasteiger partial charge in [-0.25, -0.2) is 4.79 Å². The third kappa shape index (κ3) is 3.11. The second-order valence-electron chi connectivity index (χ2n) is 4.02. The first-order chi connectivity index (χ1) is 9.71. The van der Waals surface area contributed by atoms with E-state index in [9.17, 15) is 18.0 Å². The van der Waals surface area contributed by atoms with Crippen LogP contribution in [-0.2, 0) is 6.18 Å². The van der Waals surface area contributed by atoms with E-state index in [0.717, 1.165) is 30.5 Å². The maximum Gasteiger partial charge on any atom is 0.416 e. The Labute approximate surface area is 126 Å². The molecule has 1 heterocycles. The van der Waals surface area contributed by atoms with Gasteiger partial charge < -0.3 is 5.11 Å². The highest BCUT2D eigenvalue weighted by atomic mass is 35.5. The van der Waals surface area contributed by atoms with Crippen molar-refractivity contribution in [1.82, 2.24) is 4.98 Å². The first kappa shape index (κ1) is 15.6. The molecule has 3 nitrogen and oxygen atoms in total. The van der Waals surface area contributed by atoms with E-state index in [1.807, 2.05) is 0 Å². The van der Waals surface area contributed by atoms with Gasteiger partial charge in [0.25, 0.3) is 0 Å². The molecule has 0 aliphatic carbocycles. The molecular weight excluding hydrogens is 330 g/mol. The van der Waals surface area contributed by atoms with E-state index in [4.69, 9.17) is 28.3 Å². The van der Waals surface area contributed by atoms with Crippen molar-refractivity contribution in [2.45, 2.75) is 6.18 Å². The van der Waals surface area contributed by atoms with Crippen LogP contribution in [0.2, 0.25) is 10.0 Å². The Morgan fingerprint density at radius 2 is 1.71 bits per heavy atom. The fourth-order valence-electron chi connectivity index (χ4n) is 1.68. The van der Waals surface area contributed by atoms with E-state index >= 15 is 0 Å². The Morgan fingerprint density at radius 1 is 1.14 bits per heavy atom. The molecule has 0 saturated carbocycles. The molecule has 1 N–H and O–H groups in total. The molecule has 0 atom stereocenters. The van der Waals surface area contributed by atoms with Crippen molar-refractivity contribution in [3.8, 4) is 11.3 Å². The molecule has 0 fully saturated rings. The minimum Gasteiger partial charge on any atom is -0.478 e. The third-order valence-electron chi connectivity index (χ3n) is 2.67. The predicted molar refractivity (Wildman–Crippen MR) is 71.7 cm³/mol. The molecule has 1 aromatic carbocycles. The molecule has 0 bridgehead atoms. The Balaban J connectivity index is 2.53. The summed E-state index contributed by atoms with van der Waals surface area (Å²) in [5.41, 5.74) is -0.864. The summed E-state index contributed by atoms with van der Waals surface area (Å²) in [6.45, 7) is 0. The van der Waals surface area contributed by atoms with Gasteiger partial charge in [-0.3, -0.25) is 4.98 Å². The van der Waals surface area contributed by atoms with Crippen molar-refractivity contribution in [2.75, 3.05) is 0 Å². The minimum absolute atomic E-state index is 0.0483. The van der Waals surface area contributed by atoms with Crippen molar-refractivity contribution in [3.63, 3.8) is 0 Å². The lowest BCUT2D eigenvalue weighted by Gasteiger charge is -2.10. The largest absolute Gasteiger partial charge is 0.478 e. The smallest absolute Gasteiger partial charge is 0.416 e. The summed E-state index contributed by atoms with van der Waals surface area (Å²) in [6, 6.07) is 4.05. The van der Waals surface area contributed by atoms with Gasteiger partial charge in [0, 0.05) is 11.8 Å². The first-order valence-corrected chi connectivity index (χ1v) is 6.22. The standard InChI is InChI=1S/C13H6Cl2F3NO2/c14-8-5-19-11(10(15)9(8)12(20)21)6-1-3-7(4-2-6)13(16,17)18/h1-5H,(H,20,21). The van der Waals surface area contributed by atoms with Gasteiger partial charge >= 0.3 is 12.1 Å². The average Bonchev–Trinajstić information content (AvgIpc) is 2.37. The number of carboxylic acid groups (broad SMARTS) is 1. The molecule has 0 spiro atoms. The zero-order chi connectivity index (χ0) is 15.8. The van der Waals surface area contributed by atoms with Crippen molar-refractivity contribution in [3.05, 3.63) is 51.6 Å². The Morgan fingerprint density at radius 3 is 2.19 bits per heavy atom. The average molecular weight is 336 g/mol. The number of rotatable bonds is 2. The lowest BCUT2D eigenvalue weighted by molar-refractivity contribution is -0.137. The van der Waals surface area contributed by atoms with Crippen LogP contribution < -0.4 is 0 Å². The van der Waals surface area contributed by atoms with Crippen LogP contribution in [0.3, 0.4) is 0 Å². The van der Waals surface area contributed by atoms with Crippen LogP contribution in [0, 0.1) is 0 Å². The van der Waals surface area contributed by atoms with E-state index in [0.29, 0.717) is 0 Å². The molecule has 8 heteroatoms. The van der Waals surface area contributed by atoms with Gasteiger partial charge in [0.05, 0.1) is 21.3 Å². The maximum absolute atomic E-state index is 12.5. The van der Waals surface area contributed by atoms with Crippen LogP contribution >= 0.6 is 23.2 Å². The van der Waals surface area contributed by atoms with Gasteiger partial charge in [-0.1, -0.05) is 35.3 Å². The predicted octanol–water partition coefficient (Wildman–Crippen LogP) is 4.77. The Kier molecular flexibility index (Phi) is 4.11. The van der Waals surface area contributed by atoms with E-state index < -0.39 is 17.7 Å². The number of aromatic nitrogens is 1. The molecule has 2 aromatic rings. The van der Waals surface area contributed by atoms with Gasteiger partial charge in [0.2, 0.25) is 0 Å². The Bertz CT molecular complexity index is 700. The fourth-order valence-corrected chi connectivity index (χ4v) is 2.29. The number of benzene rings is 1. The number of alkyl halides is 3. The van der Waals surface area contributed by atoms with Crippen LogP contribution in [0.4, 0.5) is 13.2 Å². The number of nitrogens with zero attached hydrogens (tertiary/aromatic N) is 1. The highest BCUT2D eigenvalue weighted by Crippen LogP contribution is 2.35. The van der Waals surface area contributed by atoms with Gasteiger partial charge in [0.15, 0.2) is 0 Å². The van der Waals surface area contributed by atoms with Crippen LogP contribution in [0.1, 0.15) is 15.9 Å². The SMILES string of the molecule is O=C(O)c1c(Cl)cnc(-c2ccc(C(F)(F)F)cc2)c1Cl. The second-order valence-corrected chi connectivity index (χ2v) is 4.81. The third-order valence-corrected chi connectivity index (χ3v) is 3.33. The lowest BCUT2D eigenvalue weighted by Crippen LogP contribution is -2.04. The van der Waals surface area contributed by atoms with Crippen molar-refractivity contribution in [1.29, 1.82) is 0 Å². The lowest BCUT2D eigenvalue weighted by atomic mass is 10.1. The van der Waals surface area contributed by atoms with E-state index in [2.05, 4.69) is 4.98 Å². The molecule has 1 aromatic heterocycles. The van der Waals surface area contributed by atoms with E-state index in [1.54, 1.807) is 0 Å². The fraction of sp³-hybridized carbons (Fsp3) is 0.0769. The van der Waals surface area contributed by atoms with Crippen molar-refractivity contribution < 1.29 is 23.1 Å². The van der Waals surface area contributed by atoms with Crippen LogP contribution in [0.5, 0.6) is 0 Å². The second kappa shape index (κ2) is 5.54. The molecule has 0 saturated heterocycles. The molecule has 0 aliphatic rings. The summed E-state index contributed by atoms with van der Waals surface area (Å²) in [5, 5.41) is 8.65. The van der Waals surface area contributed by atoms with Gasteiger partial charge in [-0.15, -0.1) is 0 Å². The summed E-state index contributed by atoms with van der Waals surface area (Å²) < 4.78 is 37.5. The highest BCUT2D eigenvalue weighted by Gasteiger charge is 2.30. The van der Waals surface area contributed by atoms with Crippen LogP contribution in [-0.4, -0.2) is 16.1 Å². The number of aromatic carboxylic acids is 1. The van der Waals surface area contributed by atoms with Gasteiger partial charge in [0.1, 0.15) is 5.56 Å². The van der Waals surface area contributed by atoms with E-state index in [1.165, 1.54) is 0 Å². The quantitative estimate of drug-likeness (QED) is 0.859. The normalized spacial score (nSPS) is 11.5. The number of hydrogen-bond acceptors (Lipinski definition) is 2. The number of carbonyl (C=O) groups is 1. The van der Waals surface area contributed by atoms with E-state index in [-0.39, 0.29) is 26.9 Å². The molecule has 0 radical (unpaired) electrons. The monoisotopic (exact) mass is 335 g/mol. The molecule has 21 heavy (non-hydrogen) atoms. The molecular formula is C13H6Cl2F3NO2. The van der Waals surface area contributed by atoms with Gasteiger partial charge in [-0.05, 0) is 12.1 Å². The molecule has 2 rings (SSSR count). The van der Waals surface area contributed by atoms with Crippen molar-refractivity contribution in [2.24, 2.45) is 0 Å². The molecule has 0 amide bonds. The van der Waals surface area contributed by atoms with Gasteiger partial charge in [-0.2, -0.15) is 13.2 Å². The topological polar surface area (TPSA) is 50.2 Å². The van der Waals surface area contributed by atoms with Crippen LogP contribution in [0.15, 0.2) is 30.5 Å². The zero-order valence-electron chi connectivity index (χ0n) is 10.1. The van der Waals surface area contributed by atoms with Crippen LogP contribution in [0.25, 0.3) is 11.3 Å². The summed E-state index contributed by atoms with van der Waals surface area (Å²) in [4.78, 5) is 14.9. The number of halogens is 5.